The Morgan fingerprint density at radius 3 is 2.47 bits per heavy atom. The van der Waals surface area contributed by atoms with E-state index in [1.165, 1.54) is 4.90 Å². The maximum absolute atomic E-state index is 13.4. The van der Waals surface area contributed by atoms with Crippen LogP contribution in [0.5, 0.6) is 0 Å². The fourth-order valence-corrected chi connectivity index (χ4v) is 2.17. The summed E-state index contributed by atoms with van der Waals surface area (Å²) >= 11 is 0. The first-order chi connectivity index (χ1) is 8.48. The minimum absolute atomic E-state index is 0.0504. The molecule has 0 unspecified atom stereocenters. The fourth-order valence-electron chi connectivity index (χ4n) is 1.76. The van der Waals surface area contributed by atoms with Crippen LogP contribution in [0.15, 0.2) is 0 Å². The van der Waals surface area contributed by atoms with Crippen LogP contribution in [0, 0.1) is 0 Å². The quantitative estimate of drug-likeness (QED) is 0.734. The van der Waals surface area contributed by atoms with Crippen molar-refractivity contribution in [1.82, 2.24) is 4.90 Å². The van der Waals surface area contributed by atoms with Gasteiger partial charge in [0.2, 0.25) is 0 Å². The van der Waals surface area contributed by atoms with Gasteiger partial charge < -0.3 is 4.74 Å². The first-order valence-corrected chi connectivity index (χ1v) is 7.78. The molecule has 0 aromatic carbocycles. The number of nitrogens with zero attached hydrogens (tertiary/aromatic N) is 1. The Hall–Kier alpha value is -0.890. The van der Waals surface area contributed by atoms with Crippen molar-refractivity contribution in [1.29, 1.82) is 0 Å². The summed E-state index contributed by atoms with van der Waals surface area (Å²) in [5.41, 5.74) is -0.687. The average molecular weight is 297 g/mol. The van der Waals surface area contributed by atoms with Crippen LogP contribution in [-0.4, -0.2) is 56.6 Å². The Bertz CT molecular complexity index is 431. The van der Waals surface area contributed by atoms with Crippen LogP contribution in [-0.2, 0) is 19.0 Å². The summed E-state index contributed by atoms with van der Waals surface area (Å²) in [5.74, 6) is 0. The zero-order valence-corrected chi connectivity index (χ0v) is 12.4. The minimum atomic E-state index is -3.61. The van der Waals surface area contributed by atoms with Gasteiger partial charge in [-0.15, -0.1) is 0 Å². The van der Waals surface area contributed by atoms with Gasteiger partial charge >= 0.3 is 6.09 Å². The SMILES string of the molecule is CC(C)(C)OC(=O)N1C[C@@H](F)C[C@H]1COS(C)(=O)=O. The van der Waals surface area contributed by atoms with Crippen LogP contribution < -0.4 is 0 Å². The topological polar surface area (TPSA) is 72.9 Å². The fraction of sp³-hybridized carbons (Fsp3) is 0.909. The number of carbonyl (C=O) groups excluding carboxylic acids is 1. The summed E-state index contributed by atoms with van der Waals surface area (Å²) in [7, 11) is -3.61. The molecule has 1 fully saturated rings. The molecule has 0 saturated carbocycles. The largest absolute Gasteiger partial charge is 0.444 e. The Balaban J connectivity index is 2.66. The van der Waals surface area contributed by atoms with Crippen molar-refractivity contribution in [3.05, 3.63) is 0 Å². The molecule has 0 aromatic heterocycles. The molecule has 1 aliphatic rings. The van der Waals surface area contributed by atoms with E-state index in [1.54, 1.807) is 20.8 Å². The normalized spacial score (nSPS) is 24.6. The van der Waals surface area contributed by atoms with Crippen molar-refractivity contribution in [3.63, 3.8) is 0 Å². The first-order valence-electron chi connectivity index (χ1n) is 5.96. The standard InChI is InChI=1S/C11H20FNO5S/c1-11(2,3)18-10(14)13-6-8(12)5-9(13)7-17-19(4,15)16/h8-9H,5-7H2,1-4H3/t8-,9-/m0/s1. The van der Waals surface area contributed by atoms with E-state index < -0.39 is 34.0 Å². The van der Waals surface area contributed by atoms with E-state index in [4.69, 9.17) is 4.74 Å². The van der Waals surface area contributed by atoms with E-state index in [-0.39, 0.29) is 19.6 Å². The lowest BCUT2D eigenvalue weighted by atomic mass is 10.2. The van der Waals surface area contributed by atoms with E-state index in [2.05, 4.69) is 4.18 Å². The highest BCUT2D eigenvalue weighted by atomic mass is 32.2. The summed E-state index contributed by atoms with van der Waals surface area (Å²) in [4.78, 5) is 13.1. The number of ether oxygens (including phenoxy) is 1. The van der Waals surface area contributed by atoms with Crippen molar-refractivity contribution >= 4 is 16.2 Å². The van der Waals surface area contributed by atoms with Crippen molar-refractivity contribution < 1.29 is 26.5 Å². The Morgan fingerprint density at radius 1 is 1.42 bits per heavy atom. The monoisotopic (exact) mass is 297 g/mol. The third kappa shape index (κ3) is 5.73. The average Bonchev–Trinajstić information content (AvgIpc) is 2.53. The number of carbonyl (C=O) groups is 1. The highest BCUT2D eigenvalue weighted by Gasteiger charge is 2.38. The van der Waals surface area contributed by atoms with Gasteiger partial charge in [0.1, 0.15) is 11.8 Å². The molecule has 6 nitrogen and oxygen atoms in total. The van der Waals surface area contributed by atoms with Crippen LogP contribution in [0.25, 0.3) is 0 Å². The molecule has 0 N–H and O–H groups in total. The molecule has 0 aliphatic carbocycles. The molecule has 19 heavy (non-hydrogen) atoms. The molecule has 2 atom stereocenters. The number of alkyl halides is 1. The zero-order valence-electron chi connectivity index (χ0n) is 11.6. The van der Waals surface area contributed by atoms with Gasteiger partial charge in [0.05, 0.1) is 25.4 Å². The van der Waals surface area contributed by atoms with Crippen LogP contribution in [0.1, 0.15) is 27.2 Å². The summed E-state index contributed by atoms with van der Waals surface area (Å²) in [6.45, 7) is 4.76. The molecule has 1 rings (SSSR count). The molecule has 1 amide bonds. The van der Waals surface area contributed by atoms with E-state index >= 15 is 0 Å². The Labute approximate surface area is 113 Å². The predicted molar refractivity (Wildman–Crippen MR) is 67.0 cm³/mol. The lowest BCUT2D eigenvalue weighted by Crippen LogP contribution is -2.42. The van der Waals surface area contributed by atoms with E-state index in [1.807, 2.05) is 0 Å². The van der Waals surface area contributed by atoms with Crippen LogP contribution in [0.4, 0.5) is 9.18 Å². The van der Waals surface area contributed by atoms with Gasteiger partial charge in [0.15, 0.2) is 0 Å². The van der Waals surface area contributed by atoms with Gasteiger partial charge in [-0.2, -0.15) is 8.42 Å². The van der Waals surface area contributed by atoms with E-state index in [0.29, 0.717) is 0 Å². The molecule has 0 bridgehead atoms. The second-order valence-corrected chi connectivity index (χ2v) is 7.25. The van der Waals surface area contributed by atoms with Crippen LogP contribution in [0.3, 0.4) is 0 Å². The summed E-state index contributed by atoms with van der Waals surface area (Å²) in [6.07, 6.45) is -0.892. The third-order valence-electron chi connectivity index (χ3n) is 2.47. The molecular weight excluding hydrogens is 277 g/mol. The number of amides is 1. The van der Waals surface area contributed by atoms with E-state index in [0.717, 1.165) is 6.26 Å². The van der Waals surface area contributed by atoms with Gasteiger partial charge in [-0.25, -0.2) is 9.18 Å². The summed E-state index contributed by atoms with van der Waals surface area (Å²) < 4.78 is 45.0. The number of hydrogen-bond acceptors (Lipinski definition) is 5. The van der Waals surface area contributed by atoms with Gasteiger partial charge in [-0.3, -0.25) is 9.08 Å². The highest BCUT2D eigenvalue weighted by Crippen LogP contribution is 2.23. The molecule has 0 radical (unpaired) electrons. The van der Waals surface area contributed by atoms with Gasteiger partial charge in [0, 0.05) is 6.42 Å². The summed E-state index contributed by atoms with van der Waals surface area (Å²) in [5, 5.41) is 0. The van der Waals surface area contributed by atoms with Gasteiger partial charge in [0.25, 0.3) is 10.1 Å². The molecule has 0 aromatic rings. The minimum Gasteiger partial charge on any atom is -0.444 e. The second kappa shape index (κ2) is 5.62. The number of rotatable bonds is 3. The number of hydrogen-bond donors (Lipinski definition) is 0. The van der Waals surface area contributed by atoms with Crippen LogP contribution in [0.2, 0.25) is 0 Å². The number of likely N-dealkylation sites (tertiary alicyclic amines) is 1. The molecule has 1 aliphatic heterocycles. The zero-order chi connectivity index (χ0) is 14.8. The summed E-state index contributed by atoms with van der Waals surface area (Å²) in [6, 6.07) is -0.625. The van der Waals surface area contributed by atoms with Crippen molar-refractivity contribution in [2.45, 2.75) is 45.0 Å². The first kappa shape index (κ1) is 16.2. The predicted octanol–water partition coefficient (Wildman–Crippen LogP) is 1.31. The smallest absolute Gasteiger partial charge is 0.410 e. The molecule has 1 heterocycles. The van der Waals surface area contributed by atoms with Crippen molar-refractivity contribution in [2.75, 3.05) is 19.4 Å². The molecular formula is C11H20FNO5S. The maximum atomic E-state index is 13.4. The maximum Gasteiger partial charge on any atom is 0.410 e. The van der Waals surface area contributed by atoms with Crippen molar-refractivity contribution in [3.8, 4) is 0 Å². The lowest BCUT2D eigenvalue weighted by Gasteiger charge is -2.27. The van der Waals surface area contributed by atoms with Gasteiger partial charge in [-0.1, -0.05) is 0 Å². The molecule has 1 saturated heterocycles. The van der Waals surface area contributed by atoms with E-state index in [9.17, 15) is 17.6 Å². The molecule has 112 valence electrons. The molecule has 0 spiro atoms. The Kier molecular flexibility index (Phi) is 4.78. The lowest BCUT2D eigenvalue weighted by molar-refractivity contribution is 0.0183. The van der Waals surface area contributed by atoms with Crippen molar-refractivity contribution in [2.24, 2.45) is 0 Å². The third-order valence-corrected chi connectivity index (χ3v) is 3.03. The Morgan fingerprint density at radius 2 is 2.00 bits per heavy atom. The van der Waals surface area contributed by atoms with Gasteiger partial charge in [-0.05, 0) is 20.8 Å². The highest BCUT2D eigenvalue weighted by molar-refractivity contribution is 7.85. The second-order valence-electron chi connectivity index (χ2n) is 5.61. The van der Waals surface area contributed by atoms with Crippen LogP contribution >= 0.6 is 0 Å². The number of halogens is 1. The molecule has 8 heteroatoms.